The van der Waals surface area contributed by atoms with Crippen LogP contribution in [0.15, 0.2) is 53.0 Å². The largest absolute Gasteiger partial charge is 0.457 e. The first kappa shape index (κ1) is 10.2. The molecule has 0 bridgehead atoms. The summed E-state index contributed by atoms with van der Waals surface area (Å²) in [5.74, 6) is 1.65. The molecule has 0 aliphatic carbocycles. The van der Waals surface area contributed by atoms with E-state index in [0.717, 1.165) is 21.5 Å². The average Bonchev–Trinajstić information content (AvgIpc) is 2.25. The summed E-state index contributed by atoms with van der Waals surface area (Å²) in [7, 11) is 0. The molecule has 2 aromatic rings. The molecule has 0 unspecified atom stereocenters. The smallest absolute Gasteiger partial charge is 0.127 e. The first-order valence-electron chi connectivity index (χ1n) is 4.59. The molecule has 0 N–H and O–H groups in total. The molecule has 0 aliphatic heterocycles. The van der Waals surface area contributed by atoms with Crippen molar-refractivity contribution in [3.05, 3.63) is 65.5 Å². The van der Waals surface area contributed by atoms with E-state index < -0.39 is 0 Å². The molecule has 0 spiro atoms. The van der Waals surface area contributed by atoms with Gasteiger partial charge in [-0.3, -0.25) is 0 Å². The highest BCUT2D eigenvalue weighted by atomic mass is 79.9. The van der Waals surface area contributed by atoms with E-state index in [-0.39, 0.29) is 0 Å². The predicted molar refractivity (Wildman–Crippen MR) is 65.1 cm³/mol. The summed E-state index contributed by atoms with van der Waals surface area (Å²) < 4.78 is 6.68. The van der Waals surface area contributed by atoms with Crippen LogP contribution >= 0.6 is 15.9 Å². The van der Waals surface area contributed by atoms with Gasteiger partial charge in [0.2, 0.25) is 0 Å². The van der Waals surface area contributed by atoms with Crippen LogP contribution in [-0.2, 0) is 0 Å². The molecule has 1 nitrogen and oxygen atoms in total. The first-order valence-corrected chi connectivity index (χ1v) is 5.39. The second-order valence-corrected chi connectivity index (χ2v) is 4.12. The van der Waals surface area contributed by atoms with Gasteiger partial charge in [0.1, 0.15) is 11.5 Å². The SMILES string of the molecule is [CH2]c1ccc(Oc2ccc(Br)cc2)cc1. The third kappa shape index (κ3) is 2.83. The van der Waals surface area contributed by atoms with Crippen molar-refractivity contribution in [2.24, 2.45) is 0 Å². The van der Waals surface area contributed by atoms with Gasteiger partial charge in [0, 0.05) is 4.47 Å². The standard InChI is InChI=1S/C13H10BrO/c1-10-2-6-12(7-3-10)15-13-8-4-11(14)5-9-13/h2-9H,1H2. The Bertz CT molecular complexity index is 388. The van der Waals surface area contributed by atoms with E-state index in [0.29, 0.717) is 0 Å². The van der Waals surface area contributed by atoms with E-state index in [4.69, 9.17) is 4.74 Å². The molecule has 1 radical (unpaired) electrons. The first-order chi connectivity index (χ1) is 7.24. The quantitative estimate of drug-likeness (QED) is 0.778. The monoisotopic (exact) mass is 261 g/mol. The Balaban J connectivity index is 2.15. The van der Waals surface area contributed by atoms with Gasteiger partial charge in [-0.15, -0.1) is 0 Å². The minimum Gasteiger partial charge on any atom is -0.457 e. The third-order valence-corrected chi connectivity index (χ3v) is 2.50. The lowest BCUT2D eigenvalue weighted by Crippen LogP contribution is -1.83. The molecular weight excluding hydrogens is 252 g/mol. The molecule has 15 heavy (non-hydrogen) atoms. The highest BCUT2D eigenvalue weighted by molar-refractivity contribution is 9.10. The highest BCUT2D eigenvalue weighted by Crippen LogP contribution is 2.23. The van der Waals surface area contributed by atoms with E-state index in [1.165, 1.54) is 0 Å². The molecule has 0 heterocycles. The summed E-state index contributed by atoms with van der Waals surface area (Å²) in [4.78, 5) is 0. The van der Waals surface area contributed by atoms with Crippen molar-refractivity contribution < 1.29 is 4.74 Å². The van der Waals surface area contributed by atoms with Gasteiger partial charge in [0.15, 0.2) is 0 Å². The van der Waals surface area contributed by atoms with Crippen molar-refractivity contribution >= 4 is 15.9 Å². The molecule has 2 rings (SSSR count). The molecular formula is C13H10BrO. The maximum Gasteiger partial charge on any atom is 0.127 e. The summed E-state index contributed by atoms with van der Waals surface area (Å²) in [6.45, 7) is 3.82. The van der Waals surface area contributed by atoms with Gasteiger partial charge in [-0.25, -0.2) is 0 Å². The van der Waals surface area contributed by atoms with Crippen LogP contribution in [0.25, 0.3) is 0 Å². The van der Waals surface area contributed by atoms with E-state index in [1.807, 2.05) is 48.5 Å². The van der Waals surface area contributed by atoms with Gasteiger partial charge >= 0.3 is 0 Å². The Hall–Kier alpha value is -1.28. The van der Waals surface area contributed by atoms with Gasteiger partial charge in [-0.05, 0) is 48.9 Å². The Labute approximate surface area is 97.8 Å². The molecule has 0 atom stereocenters. The zero-order valence-electron chi connectivity index (χ0n) is 8.11. The number of hydrogen-bond donors (Lipinski definition) is 0. The van der Waals surface area contributed by atoms with Gasteiger partial charge in [0.05, 0.1) is 0 Å². The Kier molecular flexibility index (Phi) is 3.07. The van der Waals surface area contributed by atoms with Crippen LogP contribution in [0.4, 0.5) is 0 Å². The molecule has 0 saturated carbocycles. The van der Waals surface area contributed by atoms with Gasteiger partial charge in [-0.2, -0.15) is 0 Å². The van der Waals surface area contributed by atoms with E-state index in [9.17, 15) is 0 Å². The molecule has 2 aromatic carbocycles. The second-order valence-electron chi connectivity index (χ2n) is 3.20. The van der Waals surface area contributed by atoms with Crippen molar-refractivity contribution in [2.45, 2.75) is 0 Å². The summed E-state index contributed by atoms with van der Waals surface area (Å²) in [5, 5.41) is 0. The zero-order valence-corrected chi connectivity index (χ0v) is 9.70. The average molecular weight is 262 g/mol. The van der Waals surface area contributed by atoms with Gasteiger partial charge in [-0.1, -0.05) is 28.1 Å². The minimum absolute atomic E-state index is 0.824. The zero-order chi connectivity index (χ0) is 10.7. The summed E-state index contributed by atoms with van der Waals surface area (Å²) >= 11 is 3.38. The van der Waals surface area contributed by atoms with Crippen molar-refractivity contribution in [1.82, 2.24) is 0 Å². The highest BCUT2D eigenvalue weighted by Gasteiger charge is 1.96. The van der Waals surface area contributed by atoms with Crippen LogP contribution in [0.1, 0.15) is 5.56 Å². The lowest BCUT2D eigenvalue weighted by atomic mass is 10.2. The van der Waals surface area contributed by atoms with Crippen LogP contribution in [0.3, 0.4) is 0 Å². The minimum atomic E-state index is 0.824. The Morgan fingerprint density at radius 2 is 1.27 bits per heavy atom. The molecule has 75 valence electrons. The third-order valence-electron chi connectivity index (χ3n) is 1.97. The molecule has 0 fully saturated rings. The number of benzene rings is 2. The summed E-state index contributed by atoms with van der Waals surface area (Å²) in [6.07, 6.45) is 0. The van der Waals surface area contributed by atoms with Gasteiger partial charge in [0.25, 0.3) is 0 Å². The van der Waals surface area contributed by atoms with E-state index in [2.05, 4.69) is 22.9 Å². The van der Waals surface area contributed by atoms with Crippen molar-refractivity contribution in [3.63, 3.8) is 0 Å². The number of hydrogen-bond acceptors (Lipinski definition) is 1. The predicted octanol–water partition coefficient (Wildman–Crippen LogP) is 4.42. The Morgan fingerprint density at radius 3 is 1.80 bits per heavy atom. The fourth-order valence-corrected chi connectivity index (χ4v) is 1.46. The topological polar surface area (TPSA) is 9.23 Å². The van der Waals surface area contributed by atoms with Crippen molar-refractivity contribution in [1.29, 1.82) is 0 Å². The molecule has 0 aromatic heterocycles. The van der Waals surface area contributed by atoms with Crippen molar-refractivity contribution in [3.8, 4) is 11.5 Å². The van der Waals surface area contributed by atoms with Crippen LogP contribution in [-0.4, -0.2) is 0 Å². The number of halogens is 1. The van der Waals surface area contributed by atoms with E-state index in [1.54, 1.807) is 0 Å². The second kappa shape index (κ2) is 4.49. The number of rotatable bonds is 2. The Morgan fingerprint density at radius 1 is 0.800 bits per heavy atom. The fourth-order valence-electron chi connectivity index (χ4n) is 1.20. The maximum atomic E-state index is 5.64. The lowest BCUT2D eigenvalue weighted by molar-refractivity contribution is 0.482. The van der Waals surface area contributed by atoms with Crippen LogP contribution in [0.2, 0.25) is 0 Å². The van der Waals surface area contributed by atoms with Gasteiger partial charge < -0.3 is 4.74 Å². The summed E-state index contributed by atoms with van der Waals surface area (Å²) in [5.41, 5.74) is 0.984. The lowest BCUT2D eigenvalue weighted by Gasteiger charge is -2.05. The van der Waals surface area contributed by atoms with Crippen LogP contribution in [0, 0.1) is 6.92 Å². The van der Waals surface area contributed by atoms with Crippen molar-refractivity contribution in [2.75, 3.05) is 0 Å². The number of ether oxygens (including phenoxy) is 1. The molecule has 2 heteroatoms. The molecule has 0 saturated heterocycles. The summed E-state index contributed by atoms with van der Waals surface area (Å²) in [6, 6.07) is 15.4. The molecule has 0 amide bonds. The fraction of sp³-hybridized carbons (Fsp3) is 0. The van der Waals surface area contributed by atoms with E-state index >= 15 is 0 Å². The maximum absolute atomic E-state index is 5.64. The molecule has 0 aliphatic rings. The van der Waals surface area contributed by atoms with Crippen LogP contribution in [0.5, 0.6) is 11.5 Å². The normalized spacial score (nSPS) is 10.0. The van der Waals surface area contributed by atoms with Crippen LogP contribution < -0.4 is 4.74 Å².